The predicted molar refractivity (Wildman–Crippen MR) is 139 cm³/mol. The van der Waals surface area contributed by atoms with Crippen molar-refractivity contribution in [2.24, 2.45) is 5.92 Å². The van der Waals surface area contributed by atoms with E-state index in [1.807, 2.05) is 24.3 Å². The molecule has 1 saturated heterocycles. The largest absolute Gasteiger partial charge is 0.497 e. The van der Waals surface area contributed by atoms with Crippen LogP contribution in [0.15, 0.2) is 59.8 Å². The van der Waals surface area contributed by atoms with Crippen LogP contribution in [0.5, 0.6) is 11.5 Å². The van der Waals surface area contributed by atoms with Gasteiger partial charge in [-0.1, -0.05) is 18.9 Å². The Balaban J connectivity index is 1.21. The first-order valence-electron chi connectivity index (χ1n) is 12.3. The predicted octanol–water partition coefficient (Wildman–Crippen LogP) is 4.25. The summed E-state index contributed by atoms with van der Waals surface area (Å²) in [5.74, 6) is 1.20. The number of ether oxygens (including phenoxy) is 2. The van der Waals surface area contributed by atoms with E-state index in [9.17, 15) is 13.2 Å². The molecule has 0 saturated carbocycles. The Morgan fingerprint density at radius 2 is 1.83 bits per heavy atom. The van der Waals surface area contributed by atoms with Gasteiger partial charge in [-0.25, -0.2) is 8.42 Å². The minimum absolute atomic E-state index is 0.0766. The normalized spacial score (nSPS) is 15.1. The van der Waals surface area contributed by atoms with Crippen molar-refractivity contribution < 1.29 is 22.7 Å². The van der Waals surface area contributed by atoms with Crippen LogP contribution in [-0.4, -0.2) is 57.5 Å². The molecule has 0 bridgehead atoms. The van der Waals surface area contributed by atoms with Gasteiger partial charge in [-0.15, -0.1) is 0 Å². The summed E-state index contributed by atoms with van der Waals surface area (Å²) in [6.07, 6.45) is 8.04. The van der Waals surface area contributed by atoms with Gasteiger partial charge in [-0.05, 0) is 60.9 Å². The average Bonchev–Trinajstić information content (AvgIpc) is 2.92. The van der Waals surface area contributed by atoms with Crippen LogP contribution in [0, 0.1) is 5.92 Å². The van der Waals surface area contributed by atoms with Crippen molar-refractivity contribution in [1.82, 2.24) is 14.6 Å². The summed E-state index contributed by atoms with van der Waals surface area (Å²) in [6, 6.07) is 12.4. The van der Waals surface area contributed by atoms with Gasteiger partial charge in [0.25, 0.3) is 5.91 Å². The molecule has 1 fully saturated rings. The van der Waals surface area contributed by atoms with Gasteiger partial charge >= 0.3 is 0 Å². The fourth-order valence-electron chi connectivity index (χ4n) is 4.65. The number of carbonyl (C=O) groups excluding carboxylic acids is 1. The van der Waals surface area contributed by atoms with Gasteiger partial charge in [-0.2, -0.15) is 4.31 Å². The molecule has 2 aromatic carbocycles. The summed E-state index contributed by atoms with van der Waals surface area (Å²) in [6.45, 7) is 1.59. The van der Waals surface area contributed by atoms with E-state index in [4.69, 9.17) is 9.47 Å². The second-order valence-corrected chi connectivity index (χ2v) is 11.0. The van der Waals surface area contributed by atoms with E-state index < -0.39 is 10.0 Å². The smallest absolute Gasteiger partial charge is 0.251 e. The highest BCUT2D eigenvalue weighted by Crippen LogP contribution is 2.33. The first kappa shape index (κ1) is 25.9. The zero-order valence-electron chi connectivity index (χ0n) is 20.8. The van der Waals surface area contributed by atoms with Crippen LogP contribution >= 0.6 is 0 Å². The van der Waals surface area contributed by atoms with Crippen LogP contribution < -0.4 is 14.8 Å². The van der Waals surface area contributed by atoms with E-state index >= 15 is 0 Å². The molecule has 8 nitrogen and oxygen atoms in total. The number of amides is 1. The summed E-state index contributed by atoms with van der Waals surface area (Å²) >= 11 is 0. The molecule has 0 atom stereocenters. The fourth-order valence-corrected chi connectivity index (χ4v) is 6.29. The van der Waals surface area contributed by atoms with Crippen molar-refractivity contribution in [3.8, 4) is 11.5 Å². The number of hydrogen-bond acceptors (Lipinski definition) is 6. The number of nitrogens with one attached hydrogen (secondary N) is 1. The summed E-state index contributed by atoms with van der Waals surface area (Å²) in [4.78, 5) is 16.7. The monoisotopic (exact) mass is 511 g/mol. The molecule has 0 aliphatic carbocycles. The Hall–Kier alpha value is -3.17. The standard InChI is InChI=1S/C27H33N3O5S/c1-34-24-8-9-25(35-2)26(18-24)36(32,33)30-15-11-20(12-16-30)5-3-4-13-29-27(31)22-7-6-21-10-14-28-19-23(21)17-22/h6-10,14,17-20H,3-5,11-13,15-16H2,1-2H3,(H,29,31). The minimum atomic E-state index is -3.66. The molecule has 4 rings (SSSR count). The number of pyridine rings is 1. The maximum absolute atomic E-state index is 13.2. The number of rotatable bonds is 10. The molecule has 192 valence electrons. The van der Waals surface area contributed by atoms with E-state index in [1.165, 1.54) is 20.3 Å². The van der Waals surface area contributed by atoms with E-state index in [0.29, 0.717) is 42.6 Å². The van der Waals surface area contributed by atoms with Crippen molar-refractivity contribution in [3.63, 3.8) is 0 Å². The van der Waals surface area contributed by atoms with E-state index in [-0.39, 0.29) is 10.8 Å². The maximum atomic E-state index is 13.2. The molecular formula is C27H33N3O5S. The maximum Gasteiger partial charge on any atom is 0.251 e. The number of hydrogen-bond donors (Lipinski definition) is 1. The second-order valence-electron chi connectivity index (χ2n) is 9.05. The van der Waals surface area contributed by atoms with Gasteiger partial charge in [0.2, 0.25) is 10.0 Å². The molecule has 0 unspecified atom stereocenters. The Morgan fingerprint density at radius 3 is 2.58 bits per heavy atom. The molecular weight excluding hydrogens is 478 g/mol. The lowest BCUT2D eigenvalue weighted by Gasteiger charge is -2.31. The van der Waals surface area contributed by atoms with Crippen LogP contribution in [0.2, 0.25) is 0 Å². The van der Waals surface area contributed by atoms with Crippen LogP contribution in [0.25, 0.3) is 10.8 Å². The third kappa shape index (κ3) is 5.96. The van der Waals surface area contributed by atoms with Crippen LogP contribution in [0.4, 0.5) is 0 Å². The highest BCUT2D eigenvalue weighted by Gasteiger charge is 2.31. The van der Waals surface area contributed by atoms with Crippen molar-refractivity contribution in [3.05, 3.63) is 60.4 Å². The van der Waals surface area contributed by atoms with Crippen molar-refractivity contribution >= 4 is 26.7 Å². The molecule has 2 heterocycles. The molecule has 1 aliphatic rings. The number of methoxy groups -OCH3 is 2. The third-order valence-electron chi connectivity index (χ3n) is 6.79. The quantitative estimate of drug-likeness (QED) is 0.409. The van der Waals surface area contributed by atoms with E-state index in [2.05, 4.69) is 10.3 Å². The van der Waals surface area contributed by atoms with E-state index in [1.54, 1.807) is 28.8 Å². The highest BCUT2D eigenvalue weighted by atomic mass is 32.2. The van der Waals surface area contributed by atoms with Crippen LogP contribution in [-0.2, 0) is 10.0 Å². The van der Waals surface area contributed by atoms with Crippen LogP contribution in [0.1, 0.15) is 42.5 Å². The summed E-state index contributed by atoms with van der Waals surface area (Å²) in [5, 5.41) is 5.00. The fraction of sp³-hybridized carbons (Fsp3) is 0.407. The Kier molecular flexibility index (Phi) is 8.43. The Morgan fingerprint density at radius 1 is 1.03 bits per heavy atom. The molecule has 3 aromatic rings. The van der Waals surface area contributed by atoms with Gasteiger partial charge < -0.3 is 14.8 Å². The van der Waals surface area contributed by atoms with Crippen molar-refractivity contribution in [1.29, 1.82) is 0 Å². The van der Waals surface area contributed by atoms with Gasteiger partial charge in [0.1, 0.15) is 16.4 Å². The second kappa shape index (κ2) is 11.7. The third-order valence-corrected chi connectivity index (χ3v) is 8.71. The topological polar surface area (TPSA) is 97.8 Å². The van der Waals surface area contributed by atoms with E-state index in [0.717, 1.165) is 42.9 Å². The highest BCUT2D eigenvalue weighted by molar-refractivity contribution is 7.89. The summed E-state index contributed by atoms with van der Waals surface area (Å²) < 4.78 is 38.5. The number of nitrogens with zero attached hydrogens (tertiary/aromatic N) is 2. The van der Waals surface area contributed by atoms with Gasteiger partial charge in [-0.3, -0.25) is 9.78 Å². The number of unbranched alkanes of at least 4 members (excludes halogenated alkanes) is 1. The minimum Gasteiger partial charge on any atom is -0.497 e. The van der Waals surface area contributed by atoms with Crippen LogP contribution in [0.3, 0.4) is 0 Å². The summed E-state index contributed by atoms with van der Waals surface area (Å²) in [5.41, 5.74) is 0.636. The zero-order valence-corrected chi connectivity index (χ0v) is 21.6. The molecule has 36 heavy (non-hydrogen) atoms. The van der Waals surface area contributed by atoms with Gasteiger partial charge in [0.15, 0.2) is 0 Å². The number of aromatic nitrogens is 1. The van der Waals surface area contributed by atoms with Gasteiger partial charge in [0.05, 0.1) is 14.2 Å². The number of piperidine rings is 1. The number of sulfonamides is 1. The lowest BCUT2D eigenvalue weighted by atomic mass is 9.92. The SMILES string of the molecule is COc1ccc(OC)c(S(=O)(=O)N2CCC(CCCCNC(=O)c3ccc4ccncc4c3)CC2)c1. The number of fused-ring (bicyclic) bond motifs is 1. The zero-order chi connectivity index (χ0) is 25.5. The molecule has 1 aromatic heterocycles. The molecule has 9 heteroatoms. The molecule has 0 spiro atoms. The lowest BCUT2D eigenvalue weighted by molar-refractivity contribution is 0.0953. The summed E-state index contributed by atoms with van der Waals surface area (Å²) in [7, 11) is -0.685. The first-order chi connectivity index (χ1) is 17.4. The van der Waals surface area contributed by atoms with Gasteiger partial charge in [0, 0.05) is 49.0 Å². The number of benzene rings is 2. The molecule has 1 aliphatic heterocycles. The van der Waals surface area contributed by atoms with Crippen molar-refractivity contribution in [2.45, 2.75) is 37.0 Å². The average molecular weight is 512 g/mol. The number of carbonyl (C=O) groups is 1. The Bertz CT molecular complexity index is 1300. The van der Waals surface area contributed by atoms with Crippen molar-refractivity contribution in [2.75, 3.05) is 33.9 Å². The molecule has 1 N–H and O–H groups in total. The molecule has 0 radical (unpaired) electrons. The molecule has 1 amide bonds. The Labute approximate surface area is 212 Å². The lowest BCUT2D eigenvalue weighted by Crippen LogP contribution is -2.38. The first-order valence-corrected chi connectivity index (χ1v) is 13.7.